The van der Waals surface area contributed by atoms with Crippen molar-refractivity contribution in [2.45, 2.75) is 25.5 Å². The zero-order valence-electron chi connectivity index (χ0n) is 19.5. The average molecular weight is 504 g/mol. The number of carbonyl (C=O) groups excluding carboxylic acids is 4. The summed E-state index contributed by atoms with van der Waals surface area (Å²) in [5, 5.41) is 3.31. The lowest BCUT2D eigenvalue weighted by Crippen LogP contribution is -2.34. The third-order valence-corrected chi connectivity index (χ3v) is 7.15. The Labute approximate surface area is 212 Å². The SMILES string of the molecule is O=C(Cn1cc(/C=C2\SC(=O)N(CC(=O)c3ccccc3)C2=O)c2ccccc21)NC[C@@H]1CCCO1. The Morgan fingerprint density at radius 3 is 2.61 bits per heavy atom. The molecule has 5 rings (SSSR count). The van der Waals surface area contributed by atoms with Gasteiger partial charge in [0.25, 0.3) is 11.1 Å². The van der Waals surface area contributed by atoms with Crippen molar-refractivity contribution in [1.29, 1.82) is 0 Å². The molecule has 3 amide bonds. The monoisotopic (exact) mass is 503 g/mol. The van der Waals surface area contributed by atoms with E-state index in [9.17, 15) is 19.2 Å². The van der Waals surface area contributed by atoms with E-state index in [-0.39, 0.29) is 35.8 Å². The summed E-state index contributed by atoms with van der Waals surface area (Å²) in [4.78, 5) is 51.9. The van der Waals surface area contributed by atoms with Crippen molar-refractivity contribution in [2.24, 2.45) is 0 Å². The molecule has 1 N–H and O–H groups in total. The van der Waals surface area contributed by atoms with Gasteiger partial charge >= 0.3 is 0 Å². The topological polar surface area (TPSA) is 97.7 Å². The fourth-order valence-corrected chi connectivity index (χ4v) is 5.23. The number of rotatable bonds is 8. The number of ether oxygens (including phenoxy) is 1. The van der Waals surface area contributed by atoms with Gasteiger partial charge in [0.15, 0.2) is 5.78 Å². The first kappa shape index (κ1) is 24.0. The lowest BCUT2D eigenvalue weighted by atomic mass is 10.1. The zero-order valence-corrected chi connectivity index (χ0v) is 20.3. The van der Waals surface area contributed by atoms with Gasteiger partial charge in [0, 0.05) is 41.4 Å². The first-order chi connectivity index (χ1) is 17.5. The maximum Gasteiger partial charge on any atom is 0.293 e. The maximum absolute atomic E-state index is 13.0. The Bertz CT molecular complexity index is 1360. The van der Waals surface area contributed by atoms with Gasteiger partial charge in [-0.3, -0.25) is 24.1 Å². The average Bonchev–Trinajstić information content (AvgIpc) is 3.60. The fourth-order valence-electron chi connectivity index (χ4n) is 4.40. The van der Waals surface area contributed by atoms with Crippen LogP contribution in [0.1, 0.15) is 28.8 Å². The number of ketones is 1. The second kappa shape index (κ2) is 10.5. The van der Waals surface area contributed by atoms with Crippen molar-refractivity contribution in [3.63, 3.8) is 0 Å². The molecule has 2 saturated heterocycles. The van der Waals surface area contributed by atoms with Crippen LogP contribution in [-0.2, 0) is 20.9 Å². The first-order valence-electron chi connectivity index (χ1n) is 11.8. The van der Waals surface area contributed by atoms with Crippen molar-refractivity contribution in [3.05, 3.63) is 76.8 Å². The number of hydrogen-bond donors (Lipinski definition) is 1. The molecule has 2 fully saturated rings. The highest BCUT2D eigenvalue weighted by atomic mass is 32.2. The molecule has 2 aliphatic rings. The number of para-hydroxylation sites is 1. The van der Waals surface area contributed by atoms with Gasteiger partial charge in [-0.25, -0.2) is 0 Å². The van der Waals surface area contributed by atoms with Crippen LogP contribution >= 0.6 is 11.8 Å². The predicted molar refractivity (Wildman–Crippen MR) is 137 cm³/mol. The van der Waals surface area contributed by atoms with Crippen LogP contribution in [0.4, 0.5) is 4.79 Å². The summed E-state index contributed by atoms with van der Waals surface area (Å²) >= 11 is 0.812. The van der Waals surface area contributed by atoms with Gasteiger partial charge in [0.1, 0.15) is 6.54 Å². The normalized spacial score (nSPS) is 18.9. The summed E-state index contributed by atoms with van der Waals surface area (Å²) in [6, 6.07) is 16.2. The van der Waals surface area contributed by atoms with E-state index < -0.39 is 11.1 Å². The van der Waals surface area contributed by atoms with Gasteiger partial charge in [-0.15, -0.1) is 0 Å². The molecule has 0 spiro atoms. The molecule has 1 aromatic heterocycles. The number of imide groups is 1. The number of aromatic nitrogens is 1. The van der Waals surface area contributed by atoms with E-state index in [1.54, 1.807) is 42.6 Å². The summed E-state index contributed by atoms with van der Waals surface area (Å²) in [6.07, 6.45) is 5.48. The van der Waals surface area contributed by atoms with Crippen molar-refractivity contribution >= 4 is 51.6 Å². The van der Waals surface area contributed by atoms with Crippen molar-refractivity contribution < 1.29 is 23.9 Å². The Kier molecular flexibility index (Phi) is 7.02. The molecule has 0 saturated carbocycles. The molecule has 3 aromatic rings. The molecule has 0 radical (unpaired) electrons. The number of benzene rings is 2. The summed E-state index contributed by atoms with van der Waals surface area (Å²) < 4.78 is 7.39. The van der Waals surface area contributed by atoms with E-state index in [2.05, 4.69) is 5.32 Å². The minimum absolute atomic E-state index is 0.0651. The first-order valence-corrected chi connectivity index (χ1v) is 12.6. The van der Waals surface area contributed by atoms with E-state index in [1.165, 1.54) is 0 Å². The van der Waals surface area contributed by atoms with Crippen LogP contribution in [0.25, 0.3) is 17.0 Å². The highest BCUT2D eigenvalue weighted by molar-refractivity contribution is 8.18. The number of amides is 3. The minimum atomic E-state index is -0.500. The van der Waals surface area contributed by atoms with Crippen molar-refractivity contribution in [2.75, 3.05) is 19.7 Å². The van der Waals surface area contributed by atoms with E-state index in [4.69, 9.17) is 4.74 Å². The number of fused-ring (bicyclic) bond motifs is 1. The lowest BCUT2D eigenvalue weighted by molar-refractivity contribution is -0.123. The highest BCUT2D eigenvalue weighted by Gasteiger charge is 2.36. The molecule has 0 bridgehead atoms. The Morgan fingerprint density at radius 1 is 1.06 bits per heavy atom. The van der Waals surface area contributed by atoms with Gasteiger partial charge in [-0.1, -0.05) is 48.5 Å². The molecule has 0 unspecified atom stereocenters. The van der Waals surface area contributed by atoms with E-state index in [0.717, 1.165) is 52.6 Å². The van der Waals surface area contributed by atoms with Gasteiger partial charge in [0.05, 0.1) is 17.6 Å². The van der Waals surface area contributed by atoms with Crippen LogP contribution < -0.4 is 5.32 Å². The molecule has 2 aromatic carbocycles. The molecule has 0 aliphatic carbocycles. The van der Waals surface area contributed by atoms with Gasteiger partial charge in [-0.2, -0.15) is 0 Å². The molecular weight excluding hydrogens is 478 g/mol. The third kappa shape index (κ3) is 5.12. The number of hydrogen-bond acceptors (Lipinski definition) is 6. The smallest absolute Gasteiger partial charge is 0.293 e. The predicted octanol–water partition coefficient (Wildman–Crippen LogP) is 3.86. The summed E-state index contributed by atoms with van der Waals surface area (Å²) in [7, 11) is 0. The molecule has 3 heterocycles. The molecular formula is C27H25N3O5S. The zero-order chi connectivity index (χ0) is 25.1. The Balaban J connectivity index is 1.33. The second-order valence-corrected chi connectivity index (χ2v) is 9.72. The summed E-state index contributed by atoms with van der Waals surface area (Å²) in [5.41, 5.74) is 2.01. The standard InChI is InChI=1S/C27H25N3O5S/c31-23(18-7-2-1-3-8-18)16-30-26(33)24(36-27(30)34)13-19-15-29(22-11-5-4-10-21(19)22)17-25(32)28-14-20-9-6-12-35-20/h1-5,7-8,10-11,13,15,20H,6,9,12,14,16-17H2,(H,28,32)/b24-13-/t20-/m0/s1. The molecule has 8 nitrogen and oxygen atoms in total. The molecule has 184 valence electrons. The van der Waals surface area contributed by atoms with E-state index >= 15 is 0 Å². The van der Waals surface area contributed by atoms with Crippen LogP contribution in [0.3, 0.4) is 0 Å². The maximum atomic E-state index is 13.0. The van der Waals surface area contributed by atoms with Crippen LogP contribution in [-0.4, -0.2) is 58.1 Å². The molecule has 1 atom stereocenters. The Morgan fingerprint density at radius 2 is 1.83 bits per heavy atom. The minimum Gasteiger partial charge on any atom is -0.376 e. The quantitative estimate of drug-likeness (QED) is 0.370. The number of thioether (sulfide) groups is 1. The summed E-state index contributed by atoms with van der Waals surface area (Å²) in [6.45, 7) is 1.03. The van der Waals surface area contributed by atoms with Crippen molar-refractivity contribution in [3.8, 4) is 0 Å². The third-order valence-electron chi connectivity index (χ3n) is 6.24. The fraction of sp³-hybridized carbons (Fsp3) is 0.259. The van der Waals surface area contributed by atoms with Crippen molar-refractivity contribution in [1.82, 2.24) is 14.8 Å². The molecule has 9 heteroatoms. The second-order valence-electron chi connectivity index (χ2n) is 8.73. The highest BCUT2D eigenvalue weighted by Crippen LogP contribution is 2.34. The van der Waals surface area contributed by atoms with Crippen LogP contribution in [0.15, 0.2) is 65.7 Å². The van der Waals surface area contributed by atoms with Gasteiger partial charge < -0.3 is 14.6 Å². The van der Waals surface area contributed by atoms with Crippen LogP contribution in [0.2, 0.25) is 0 Å². The number of Topliss-reactive ketones (excluding diaryl/α,β-unsaturated/α-hetero) is 1. The number of carbonyl (C=O) groups is 4. The van der Waals surface area contributed by atoms with Gasteiger partial charge in [0.2, 0.25) is 5.91 Å². The van der Waals surface area contributed by atoms with E-state index in [1.807, 2.05) is 28.8 Å². The lowest BCUT2D eigenvalue weighted by Gasteiger charge is -2.11. The largest absolute Gasteiger partial charge is 0.376 e. The number of nitrogens with zero attached hydrogens (tertiary/aromatic N) is 2. The van der Waals surface area contributed by atoms with E-state index in [0.29, 0.717) is 12.1 Å². The summed E-state index contributed by atoms with van der Waals surface area (Å²) in [5.74, 6) is -0.928. The molecule has 2 aliphatic heterocycles. The van der Waals surface area contributed by atoms with Crippen LogP contribution in [0, 0.1) is 0 Å². The van der Waals surface area contributed by atoms with Gasteiger partial charge in [-0.05, 0) is 36.7 Å². The molecule has 36 heavy (non-hydrogen) atoms. The van der Waals surface area contributed by atoms with Crippen LogP contribution in [0.5, 0.6) is 0 Å². The Hall–Kier alpha value is -3.69. The number of nitrogens with one attached hydrogen (secondary N) is 1.